The van der Waals surface area contributed by atoms with Gasteiger partial charge in [0.05, 0.1) is 0 Å². The molecule has 0 bridgehead atoms. The molecule has 0 aliphatic carbocycles. The van der Waals surface area contributed by atoms with E-state index in [2.05, 4.69) is 2.49 Å². The van der Waals surface area contributed by atoms with Gasteiger partial charge in [0, 0.05) is 0 Å². The zero-order valence-corrected chi connectivity index (χ0v) is 10.5. The predicted molar refractivity (Wildman–Crippen MR) is 22.5 cm³/mol. The number of hydrogen-bond acceptors (Lipinski definition) is 2. The Hall–Kier alpha value is 1.01. The van der Waals surface area contributed by atoms with Crippen LogP contribution in [0.25, 0.3) is 0 Å². The van der Waals surface area contributed by atoms with E-state index in [1.807, 2.05) is 6.92 Å². The third-order valence-corrected chi connectivity index (χ3v) is 7.98. The summed E-state index contributed by atoms with van der Waals surface area (Å²) in [5.74, 6) is 0. The molecule has 1 unspecified atom stereocenters. The first-order valence-corrected chi connectivity index (χ1v) is 9.81. The van der Waals surface area contributed by atoms with Crippen molar-refractivity contribution >= 4 is 11.3 Å². The number of nitrogens with one attached hydrogen (secondary N) is 1. The van der Waals surface area contributed by atoms with E-state index in [0.717, 1.165) is 3.93 Å². The van der Waals surface area contributed by atoms with E-state index >= 15 is 0 Å². The Balaban J connectivity index is 2.82. The summed E-state index contributed by atoms with van der Waals surface area (Å²) in [6.45, 7) is 2.00. The molecule has 0 aromatic carbocycles. The fourth-order valence-corrected chi connectivity index (χ4v) is 4.88. The van der Waals surface area contributed by atoms with Crippen LogP contribution in [-0.2, 0) is 36.1 Å². The zero-order chi connectivity index (χ0) is 5.70. The van der Waals surface area contributed by atoms with Crippen LogP contribution in [0.1, 0.15) is 6.92 Å². The van der Waals surface area contributed by atoms with E-state index in [9.17, 15) is 8.76 Å². The average molecular weight is 309 g/mol. The Kier molecular flexibility index (Phi) is 5.89. The summed E-state index contributed by atoms with van der Waals surface area (Å²) in [5, 5.41) is 0. The molecule has 5 heteroatoms. The van der Waals surface area contributed by atoms with Gasteiger partial charge in [-0.2, -0.15) is 0 Å². The quantitative estimate of drug-likeness (QED) is 0.580. The van der Waals surface area contributed by atoms with Gasteiger partial charge in [0.2, 0.25) is 0 Å². The average Bonchev–Trinajstić information content (AvgIpc) is 1.61. The monoisotopic (exact) mass is 310 g/mol. The normalized spacial score (nSPS) is 12.9. The molecule has 0 amide bonds. The number of hydrogen-bond donors (Lipinski definition) is 1. The van der Waals surface area contributed by atoms with E-state index < -0.39 is 36.1 Å². The van der Waals surface area contributed by atoms with Crippen LogP contribution in [0.5, 0.6) is 0 Å². The molecule has 0 saturated carbocycles. The Morgan fingerprint density at radius 3 is 2.71 bits per heavy atom. The Morgan fingerprint density at radius 2 is 2.57 bits per heavy atom. The van der Waals surface area contributed by atoms with E-state index in [4.69, 9.17) is 0 Å². The fraction of sp³-hybridized carbons (Fsp3) is 1.00. The van der Waals surface area contributed by atoms with Crippen LogP contribution in [0.15, 0.2) is 0 Å². The van der Waals surface area contributed by atoms with Crippen molar-refractivity contribution < 1.29 is 33.6 Å². The summed E-state index contributed by atoms with van der Waals surface area (Å²) in [7, 11) is 0. The minimum absolute atomic E-state index is 1.06. The number of rotatable bonds is 3. The molecular weight excluding hydrogens is 303 g/mol. The van der Waals surface area contributed by atoms with Gasteiger partial charge in [-0.3, -0.25) is 0 Å². The molecule has 1 atom stereocenters. The third-order valence-electron chi connectivity index (χ3n) is 0.470. The third kappa shape index (κ3) is 7.01. The maximum absolute atomic E-state index is 9.70. The summed E-state index contributed by atoms with van der Waals surface area (Å²) < 4.78 is 22.9. The first kappa shape index (κ1) is 8.01. The van der Waals surface area contributed by atoms with Gasteiger partial charge in [0.1, 0.15) is 0 Å². The second kappa shape index (κ2) is 5.15. The van der Waals surface area contributed by atoms with Crippen LogP contribution in [0.4, 0.5) is 0 Å². The van der Waals surface area contributed by atoms with E-state index in [1.54, 1.807) is 0 Å². The van der Waals surface area contributed by atoms with E-state index in [-0.39, 0.29) is 0 Å². The summed E-state index contributed by atoms with van der Waals surface area (Å²) in [4.78, 5) is 0. The minimum atomic E-state index is -1.97. The second-order valence-corrected chi connectivity index (χ2v) is 11.1. The Morgan fingerprint density at radius 1 is 2.00 bits per heavy atom. The molecule has 0 aliphatic heterocycles. The molecule has 0 aromatic heterocycles. The summed E-state index contributed by atoms with van der Waals surface area (Å²) >= 11 is -3.07. The first-order valence-electron chi connectivity index (χ1n) is 2.10. The summed E-state index contributed by atoms with van der Waals surface area (Å²) in [6.07, 6.45) is 0. The molecule has 7 heavy (non-hydrogen) atoms. The molecule has 0 spiro atoms. The Labute approximate surface area is 58.2 Å². The van der Waals surface area contributed by atoms with Crippen LogP contribution < -0.4 is 2.49 Å². The fourth-order valence-electron chi connectivity index (χ4n) is 0.185. The molecule has 0 radical (unpaired) electrons. The van der Waals surface area contributed by atoms with Crippen molar-refractivity contribution in [3.8, 4) is 0 Å². The molecule has 40 valence electrons. The second-order valence-electron chi connectivity index (χ2n) is 1.13. The van der Waals surface area contributed by atoms with Crippen molar-refractivity contribution in [1.29, 1.82) is 0 Å². The van der Waals surface area contributed by atoms with Crippen LogP contribution in [-0.4, -0.2) is 8.76 Å². The van der Waals surface area contributed by atoms with Gasteiger partial charge in [0.15, 0.2) is 0 Å². The summed E-state index contributed by atoms with van der Waals surface area (Å²) in [6, 6.07) is 0. The predicted octanol–water partition coefficient (Wildman–Crippen LogP) is -0.194. The van der Waals surface area contributed by atoms with Crippen molar-refractivity contribution in [2.24, 2.45) is 0 Å². The van der Waals surface area contributed by atoms with Gasteiger partial charge in [-0.1, -0.05) is 0 Å². The standard InChI is InChI=1S/C2H5.Hg.H2NO2S/c1-2;;1-4(2)3/h1H2,2H3;;1H,(H,2,3)/q;+1;-1/p-1. The molecule has 0 fully saturated rings. The van der Waals surface area contributed by atoms with Crippen LogP contribution in [0.3, 0.4) is 0 Å². The van der Waals surface area contributed by atoms with Gasteiger partial charge in [-0.15, -0.1) is 0 Å². The molecule has 3 nitrogen and oxygen atoms in total. The first-order chi connectivity index (χ1) is 3.27. The van der Waals surface area contributed by atoms with Crippen LogP contribution in [0, 0.1) is 0 Å². The van der Waals surface area contributed by atoms with Crippen molar-refractivity contribution in [2.75, 3.05) is 0 Å². The van der Waals surface area contributed by atoms with Crippen molar-refractivity contribution in [1.82, 2.24) is 2.49 Å². The van der Waals surface area contributed by atoms with Gasteiger partial charge >= 0.3 is 58.2 Å². The molecule has 0 heterocycles. The molecule has 0 rings (SSSR count). The zero-order valence-electron chi connectivity index (χ0n) is 4.14. The van der Waals surface area contributed by atoms with Gasteiger partial charge in [-0.25, -0.2) is 0 Å². The molecule has 0 aliphatic rings. The van der Waals surface area contributed by atoms with Crippen molar-refractivity contribution in [3.63, 3.8) is 0 Å². The molecule has 0 aromatic rings. The van der Waals surface area contributed by atoms with E-state index in [1.165, 1.54) is 0 Å². The molecular formula is C2H6HgNO2S-. The van der Waals surface area contributed by atoms with Crippen LogP contribution >= 0.6 is 0 Å². The van der Waals surface area contributed by atoms with Crippen LogP contribution in [0.2, 0.25) is 3.93 Å². The van der Waals surface area contributed by atoms with Crippen molar-refractivity contribution in [3.05, 3.63) is 0 Å². The SMILES string of the molecule is C[CH2][Hg][NH]S(=O)[O-]. The Bertz CT molecular complexity index is 68.7. The van der Waals surface area contributed by atoms with Gasteiger partial charge < -0.3 is 0 Å². The maximum atomic E-state index is 9.70. The summed E-state index contributed by atoms with van der Waals surface area (Å²) in [5.41, 5.74) is 0. The molecule has 1 N–H and O–H groups in total. The van der Waals surface area contributed by atoms with E-state index in [0.29, 0.717) is 0 Å². The van der Waals surface area contributed by atoms with Gasteiger partial charge in [-0.05, 0) is 0 Å². The van der Waals surface area contributed by atoms with Gasteiger partial charge in [0.25, 0.3) is 0 Å². The topological polar surface area (TPSA) is 52.2 Å². The van der Waals surface area contributed by atoms with Crippen molar-refractivity contribution in [2.45, 2.75) is 10.9 Å². The molecule has 0 saturated heterocycles.